The summed E-state index contributed by atoms with van der Waals surface area (Å²) in [7, 11) is 3.01. The van der Waals surface area contributed by atoms with Gasteiger partial charge in [-0.2, -0.15) is 0 Å². The average molecular weight is 457 g/mol. The quantitative estimate of drug-likeness (QED) is 0.665. The smallest absolute Gasteiger partial charge is 0.328 e. The fraction of sp³-hybridized carbons (Fsp3) is 0.654. The van der Waals surface area contributed by atoms with Gasteiger partial charge in [0.05, 0.1) is 19.8 Å². The minimum Gasteiger partial charge on any atom is -0.497 e. The van der Waals surface area contributed by atoms with Gasteiger partial charge in [0, 0.05) is 24.8 Å². The second-order valence-corrected chi connectivity index (χ2v) is 10.3. The lowest BCUT2D eigenvalue weighted by Gasteiger charge is -2.39. The molecule has 7 nitrogen and oxygen atoms in total. The second kappa shape index (κ2) is 8.99. The van der Waals surface area contributed by atoms with Crippen molar-refractivity contribution in [1.82, 2.24) is 10.2 Å². The van der Waals surface area contributed by atoms with Gasteiger partial charge in [0.15, 0.2) is 0 Å². The molecule has 0 aromatic heterocycles. The van der Waals surface area contributed by atoms with Gasteiger partial charge < -0.3 is 19.7 Å². The summed E-state index contributed by atoms with van der Waals surface area (Å²) in [6.07, 6.45) is 3.40. The first-order valence-electron chi connectivity index (χ1n) is 12.1. The van der Waals surface area contributed by atoms with E-state index in [4.69, 9.17) is 9.47 Å². The number of fused-ring (bicyclic) bond motifs is 1. The van der Waals surface area contributed by atoms with Crippen LogP contribution in [0.4, 0.5) is 0 Å². The van der Waals surface area contributed by atoms with Crippen molar-refractivity contribution in [3.63, 3.8) is 0 Å². The zero-order valence-electron chi connectivity index (χ0n) is 20.3. The molecule has 1 aromatic rings. The van der Waals surface area contributed by atoms with Crippen LogP contribution in [0.1, 0.15) is 57.6 Å². The van der Waals surface area contributed by atoms with E-state index >= 15 is 0 Å². The molecule has 2 unspecified atom stereocenters. The van der Waals surface area contributed by atoms with Crippen LogP contribution in [0.3, 0.4) is 0 Å². The molecule has 2 aliphatic heterocycles. The largest absolute Gasteiger partial charge is 0.497 e. The Balaban J connectivity index is 1.71. The molecule has 1 spiro atoms. The van der Waals surface area contributed by atoms with Crippen LogP contribution in [0.2, 0.25) is 0 Å². The number of carbonyl (C=O) groups is 3. The molecule has 1 saturated carbocycles. The zero-order chi connectivity index (χ0) is 23.9. The molecule has 1 aliphatic carbocycles. The fourth-order valence-electron chi connectivity index (χ4n) is 6.66. The van der Waals surface area contributed by atoms with Crippen molar-refractivity contribution in [2.75, 3.05) is 20.8 Å². The number of nitrogens with zero attached hydrogens (tertiary/aromatic N) is 1. The van der Waals surface area contributed by atoms with E-state index in [1.807, 2.05) is 24.8 Å². The van der Waals surface area contributed by atoms with Crippen LogP contribution in [0.25, 0.3) is 0 Å². The third-order valence-electron chi connectivity index (χ3n) is 7.89. The Kier molecular flexibility index (Phi) is 6.43. The first-order valence-corrected chi connectivity index (χ1v) is 12.1. The number of hydrogen-bond acceptors (Lipinski definition) is 5. The number of carbonyl (C=O) groups excluding carboxylic acids is 3. The maximum Gasteiger partial charge on any atom is 0.328 e. The molecule has 3 aliphatic rings. The van der Waals surface area contributed by atoms with Gasteiger partial charge >= 0.3 is 5.97 Å². The number of benzene rings is 1. The SMILES string of the molecule is COC(=O)[C@H](CC(C)C)NC(=O)[C@H]1C2CC(=O)N3CCCc4cc(OC)ccc4C23C[C@@H]1C. The summed E-state index contributed by atoms with van der Waals surface area (Å²) in [6, 6.07) is 5.47. The van der Waals surface area contributed by atoms with Crippen LogP contribution in [-0.4, -0.2) is 49.5 Å². The first kappa shape index (κ1) is 23.6. The van der Waals surface area contributed by atoms with Gasteiger partial charge in [-0.25, -0.2) is 4.79 Å². The lowest BCUT2D eigenvalue weighted by Crippen LogP contribution is -2.48. The fourth-order valence-corrected chi connectivity index (χ4v) is 6.66. The van der Waals surface area contributed by atoms with Crippen LogP contribution < -0.4 is 10.1 Å². The normalized spacial score (nSPS) is 29.1. The Morgan fingerprint density at radius 3 is 2.70 bits per heavy atom. The van der Waals surface area contributed by atoms with Crippen LogP contribution in [-0.2, 0) is 31.1 Å². The van der Waals surface area contributed by atoms with Crippen molar-refractivity contribution in [2.45, 2.75) is 64.5 Å². The van der Waals surface area contributed by atoms with E-state index in [2.05, 4.69) is 24.4 Å². The van der Waals surface area contributed by atoms with Gasteiger partial charge in [0.25, 0.3) is 0 Å². The number of nitrogens with one attached hydrogen (secondary N) is 1. The van der Waals surface area contributed by atoms with Gasteiger partial charge in [0.1, 0.15) is 11.8 Å². The van der Waals surface area contributed by atoms with Gasteiger partial charge in [-0.3, -0.25) is 9.59 Å². The summed E-state index contributed by atoms with van der Waals surface area (Å²) in [5, 5.41) is 2.99. The highest BCUT2D eigenvalue weighted by Gasteiger charge is 2.64. The molecule has 0 bridgehead atoms. The monoisotopic (exact) mass is 456 g/mol. The lowest BCUT2D eigenvalue weighted by atomic mass is 9.76. The summed E-state index contributed by atoms with van der Waals surface area (Å²) in [5.74, 6) is 0.219. The molecule has 2 amide bonds. The number of ether oxygens (including phenoxy) is 2. The molecule has 1 aromatic carbocycles. The highest BCUT2D eigenvalue weighted by Crippen LogP contribution is 2.60. The number of amides is 2. The Hall–Kier alpha value is -2.57. The van der Waals surface area contributed by atoms with E-state index in [9.17, 15) is 14.4 Å². The maximum atomic E-state index is 13.6. The number of methoxy groups -OCH3 is 2. The Morgan fingerprint density at radius 2 is 2.03 bits per heavy atom. The lowest BCUT2D eigenvalue weighted by molar-refractivity contribution is -0.146. The van der Waals surface area contributed by atoms with Crippen molar-refractivity contribution < 1.29 is 23.9 Å². The van der Waals surface area contributed by atoms with Crippen molar-refractivity contribution in [3.8, 4) is 5.75 Å². The zero-order valence-corrected chi connectivity index (χ0v) is 20.3. The van der Waals surface area contributed by atoms with Crippen LogP contribution in [0.5, 0.6) is 5.75 Å². The van der Waals surface area contributed by atoms with E-state index in [0.717, 1.165) is 30.6 Å². The van der Waals surface area contributed by atoms with E-state index in [1.54, 1.807) is 7.11 Å². The molecule has 180 valence electrons. The van der Waals surface area contributed by atoms with Crippen molar-refractivity contribution in [3.05, 3.63) is 29.3 Å². The van der Waals surface area contributed by atoms with Crippen molar-refractivity contribution in [1.29, 1.82) is 0 Å². The van der Waals surface area contributed by atoms with Gasteiger partial charge in [0.2, 0.25) is 11.8 Å². The third-order valence-corrected chi connectivity index (χ3v) is 7.89. The molecule has 0 radical (unpaired) electrons. The van der Waals surface area contributed by atoms with Crippen LogP contribution in [0, 0.1) is 23.7 Å². The molecule has 2 fully saturated rings. The van der Waals surface area contributed by atoms with Crippen molar-refractivity contribution in [2.24, 2.45) is 23.7 Å². The minimum atomic E-state index is -0.676. The summed E-state index contributed by atoms with van der Waals surface area (Å²) in [5.41, 5.74) is 1.89. The summed E-state index contributed by atoms with van der Waals surface area (Å²) in [6.45, 7) is 6.83. The molecular formula is C26H36N2O5. The first-order chi connectivity index (χ1) is 15.7. The third kappa shape index (κ3) is 3.89. The molecule has 1 saturated heterocycles. The predicted octanol–water partition coefficient (Wildman–Crippen LogP) is 3.05. The predicted molar refractivity (Wildman–Crippen MR) is 123 cm³/mol. The highest BCUT2D eigenvalue weighted by atomic mass is 16.5. The number of esters is 1. The van der Waals surface area contributed by atoms with E-state index in [-0.39, 0.29) is 35.5 Å². The Morgan fingerprint density at radius 1 is 1.27 bits per heavy atom. The summed E-state index contributed by atoms with van der Waals surface area (Å²) < 4.78 is 10.4. The summed E-state index contributed by atoms with van der Waals surface area (Å²) in [4.78, 5) is 41.2. The Bertz CT molecular complexity index is 945. The summed E-state index contributed by atoms with van der Waals surface area (Å²) >= 11 is 0. The number of aryl methyl sites for hydroxylation is 1. The van der Waals surface area contributed by atoms with Crippen molar-refractivity contribution >= 4 is 17.8 Å². The number of hydrogen-bond donors (Lipinski definition) is 1. The van der Waals surface area contributed by atoms with E-state index < -0.39 is 17.6 Å². The van der Waals surface area contributed by atoms with Gasteiger partial charge in [-0.05, 0) is 60.8 Å². The van der Waals surface area contributed by atoms with E-state index in [0.29, 0.717) is 19.4 Å². The molecule has 33 heavy (non-hydrogen) atoms. The molecular weight excluding hydrogens is 420 g/mol. The maximum absolute atomic E-state index is 13.6. The standard InChI is InChI=1S/C26H36N2O5/c1-15(2)11-21(25(31)33-5)27-24(30)23-16(3)14-26-19-9-8-18(32-4)12-17(19)7-6-10-28(26)22(29)13-20(23)26/h8-9,12,15-16,20-21,23H,6-7,10-11,13-14H2,1-5H3,(H,27,30)/t16-,20?,21-,23+,26?/m0/s1. The topological polar surface area (TPSA) is 84.9 Å². The van der Waals surface area contributed by atoms with Gasteiger partial charge in [-0.15, -0.1) is 0 Å². The van der Waals surface area contributed by atoms with Crippen LogP contribution in [0.15, 0.2) is 18.2 Å². The minimum absolute atomic E-state index is 0.0796. The highest BCUT2D eigenvalue weighted by molar-refractivity contribution is 5.89. The van der Waals surface area contributed by atoms with E-state index in [1.165, 1.54) is 12.7 Å². The average Bonchev–Trinajstić information content (AvgIpc) is 3.13. The molecule has 5 atom stereocenters. The Labute approximate surface area is 196 Å². The molecule has 2 heterocycles. The molecule has 7 heteroatoms. The second-order valence-electron chi connectivity index (χ2n) is 10.3. The van der Waals surface area contributed by atoms with Crippen LogP contribution >= 0.6 is 0 Å². The molecule has 4 rings (SSSR count). The number of rotatable bonds is 6. The molecule has 1 N–H and O–H groups in total. The van der Waals surface area contributed by atoms with Gasteiger partial charge in [-0.1, -0.05) is 26.8 Å².